The number of aliphatic carboxylic acids is 1. The summed E-state index contributed by atoms with van der Waals surface area (Å²) in [5.41, 5.74) is 0. The quantitative estimate of drug-likeness (QED) is 0.563. The molecule has 0 aromatic heterocycles. The van der Waals surface area contributed by atoms with Crippen molar-refractivity contribution in [1.82, 2.24) is 10.6 Å². The van der Waals surface area contributed by atoms with E-state index in [0.717, 1.165) is 0 Å². The van der Waals surface area contributed by atoms with Crippen LogP contribution >= 0.6 is 0 Å². The summed E-state index contributed by atoms with van der Waals surface area (Å²) in [6, 6.07) is 0. The molecule has 0 aromatic rings. The minimum absolute atomic E-state index is 0.117. The lowest BCUT2D eigenvalue weighted by molar-refractivity contribution is -0.140. The van der Waals surface area contributed by atoms with Gasteiger partial charge in [0.25, 0.3) is 0 Å². The van der Waals surface area contributed by atoms with Crippen molar-refractivity contribution in [2.24, 2.45) is 11.8 Å². The number of carboxylic acids is 1. The molecule has 0 unspecified atom stereocenters. The Morgan fingerprint density at radius 3 is 2.44 bits per heavy atom. The van der Waals surface area contributed by atoms with Gasteiger partial charge in [-0.25, -0.2) is 0 Å². The fourth-order valence-corrected chi connectivity index (χ4v) is 1.47. The van der Waals surface area contributed by atoms with Crippen molar-refractivity contribution in [3.8, 4) is 0 Å². The monoisotopic (exact) mass is 228 g/mol. The van der Waals surface area contributed by atoms with E-state index >= 15 is 0 Å². The first-order valence-corrected chi connectivity index (χ1v) is 5.33. The molecule has 0 saturated heterocycles. The van der Waals surface area contributed by atoms with Crippen molar-refractivity contribution >= 4 is 17.8 Å². The van der Waals surface area contributed by atoms with Gasteiger partial charge in [0, 0.05) is 19.5 Å². The first-order valence-electron chi connectivity index (χ1n) is 5.33. The van der Waals surface area contributed by atoms with Crippen LogP contribution in [0.3, 0.4) is 0 Å². The predicted molar refractivity (Wildman–Crippen MR) is 55.5 cm³/mol. The van der Waals surface area contributed by atoms with Crippen LogP contribution in [0.25, 0.3) is 0 Å². The average molecular weight is 228 g/mol. The predicted octanol–water partition coefficient (Wildman–Crippen LogP) is -0.650. The van der Waals surface area contributed by atoms with E-state index in [0.29, 0.717) is 13.0 Å². The van der Waals surface area contributed by atoms with Gasteiger partial charge in [-0.05, 0) is 13.3 Å². The minimum Gasteiger partial charge on any atom is -0.481 e. The highest BCUT2D eigenvalue weighted by atomic mass is 16.4. The van der Waals surface area contributed by atoms with Gasteiger partial charge in [-0.3, -0.25) is 14.4 Å². The van der Waals surface area contributed by atoms with E-state index < -0.39 is 17.8 Å². The fraction of sp³-hybridized carbons (Fsp3) is 0.700. The van der Waals surface area contributed by atoms with E-state index in [4.69, 9.17) is 5.11 Å². The Morgan fingerprint density at radius 2 is 1.94 bits per heavy atom. The van der Waals surface area contributed by atoms with Crippen molar-refractivity contribution in [1.29, 1.82) is 0 Å². The number of nitrogens with one attached hydrogen (secondary N) is 2. The molecule has 1 aliphatic rings. The molecule has 1 rings (SSSR count). The third-order valence-electron chi connectivity index (χ3n) is 2.47. The van der Waals surface area contributed by atoms with Crippen molar-refractivity contribution < 1.29 is 19.5 Å². The van der Waals surface area contributed by atoms with Crippen LogP contribution in [0.1, 0.15) is 19.8 Å². The van der Waals surface area contributed by atoms with Crippen LogP contribution < -0.4 is 10.6 Å². The minimum atomic E-state index is -0.927. The summed E-state index contributed by atoms with van der Waals surface area (Å²) >= 11 is 0. The normalized spacial score (nSPS) is 22.3. The highest BCUT2D eigenvalue weighted by Gasteiger charge is 2.48. The summed E-state index contributed by atoms with van der Waals surface area (Å²) in [6.45, 7) is 2.64. The molecule has 0 spiro atoms. The number of carboxylic acid groups (broad SMARTS) is 1. The molecular weight excluding hydrogens is 212 g/mol. The Bertz CT molecular complexity index is 303. The molecule has 16 heavy (non-hydrogen) atoms. The van der Waals surface area contributed by atoms with Gasteiger partial charge in [-0.1, -0.05) is 0 Å². The van der Waals surface area contributed by atoms with Crippen LogP contribution in [0.4, 0.5) is 0 Å². The Morgan fingerprint density at radius 1 is 1.25 bits per heavy atom. The number of hydrogen-bond acceptors (Lipinski definition) is 3. The molecule has 6 heteroatoms. The van der Waals surface area contributed by atoms with Crippen molar-refractivity contribution in [2.45, 2.75) is 19.8 Å². The highest BCUT2D eigenvalue weighted by Crippen LogP contribution is 2.38. The Hall–Kier alpha value is -1.59. The van der Waals surface area contributed by atoms with Gasteiger partial charge in [-0.2, -0.15) is 0 Å². The molecule has 0 aliphatic heterocycles. The van der Waals surface area contributed by atoms with Crippen LogP contribution in [-0.4, -0.2) is 36.0 Å². The van der Waals surface area contributed by atoms with Gasteiger partial charge in [0.05, 0.1) is 11.8 Å². The van der Waals surface area contributed by atoms with E-state index in [1.807, 2.05) is 6.92 Å². The molecule has 1 saturated carbocycles. The van der Waals surface area contributed by atoms with Crippen molar-refractivity contribution in [3.63, 3.8) is 0 Å². The molecule has 90 valence electrons. The lowest BCUT2D eigenvalue weighted by Crippen LogP contribution is -2.32. The van der Waals surface area contributed by atoms with Crippen molar-refractivity contribution in [2.75, 3.05) is 13.1 Å². The maximum absolute atomic E-state index is 11.4. The Balaban J connectivity index is 2.13. The smallest absolute Gasteiger partial charge is 0.307 e. The lowest BCUT2D eigenvalue weighted by atomic mass is 10.3. The highest BCUT2D eigenvalue weighted by molar-refractivity contribution is 5.89. The third-order valence-corrected chi connectivity index (χ3v) is 2.47. The number of hydrogen-bond donors (Lipinski definition) is 3. The Kier molecular flexibility index (Phi) is 4.28. The summed E-state index contributed by atoms with van der Waals surface area (Å²) < 4.78 is 0. The van der Waals surface area contributed by atoms with Gasteiger partial charge >= 0.3 is 5.97 Å². The molecule has 0 bridgehead atoms. The van der Waals surface area contributed by atoms with E-state index in [1.54, 1.807) is 0 Å². The molecule has 3 N–H and O–H groups in total. The maximum atomic E-state index is 11.4. The van der Waals surface area contributed by atoms with Gasteiger partial charge in [-0.15, -0.1) is 0 Å². The average Bonchev–Trinajstić information content (AvgIpc) is 2.97. The summed E-state index contributed by atoms with van der Waals surface area (Å²) in [7, 11) is 0. The van der Waals surface area contributed by atoms with Crippen LogP contribution in [0.5, 0.6) is 0 Å². The number of carbonyl (C=O) groups is 3. The summed E-state index contributed by atoms with van der Waals surface area (Å²) in [5, 5.41) is 13.8. The molecule has 1 aliphatic carbocycles. The first kappa shape index (κ1) is 12.5. The zero-order chi connectivity index (χ0) is 12.1. The molecule has 1 fully saturated rings. The van der Waals surface area contributed by atoms with Crippen molar-refractivity contribution in [3.05, 3.63) is 0 Å². The van der Waals surface area contributed by atoms with E-state index in [2.05, 4.69) is 10.6 Å². The second-order valence-corrected chi connectivity index (χ2v) is 3.78. The molecule has 0 radical (unpaired) electrons. The van der Waals surface area contributed by atoms with Crippen LogP contribution in [0.2, 0.25) is 0 Å². The number of rotatable bonds is 6. The zero-order valence-electron chi connectivity index (χ0n) is 9.16. The topological polar surface area (TPSA) is 95.5 Å². The number of amides is 2. The molecule has 6 nitrogen and oxygen atoms in total. The van der Waals surface area contributed by atoms with Crippen LogP contribution in [0.15, 0.2) is 0 Å². The molecule has 0 aromatic carbocycles. The van der Waals surface area contributed by atoms with Gasteiger partial charge in [0.1, 0.15) is 0 Å². The summed E-state index contributed by atoms with van der Waals surface area (Å²) in [5.74, 6) is -2.26. The maximum Gasteiger partial charge on any atom is 0.307 e. The first-order chi connectivity index (χ1) is 7.56. The molecule has 2 atom stereocenters. The lowest BCUT2D eigenvalue weighted by Gasteiger charge is -2.04. The fourth-order valence-electron chi connectivity index (χ4n) is 1.47. The van der Waals surface area contributed by atoms with E-state index in [-0.39, 0.29) is 24.8 Å². The van der Waals surface area contributed by atoms with E-state index in [9.17, 15) is 14.4 Å². The van der Waals surface area contributed by atoms with Gasteiger partial charge < -0.3 is 15.7 Å². The van der Waals surface area contributed by atoms with E-state index in [1.165, 1.54) is 0 Å². The van der Waals surface area contributed by atoms with Gasteiger partial charge in [0.2, 0.25) is 11.8 Å². The SMILES string of the molecule is CCNC(=O)CCNC(=O)[C@@H]1C[C@@H]1C(=O)O. The molecular formula is C10H16N2O4. The van der Waals surface area contributed by atoms with Crippen LogP contribution in [0, 0.1) is 11.8 Å². The zero-order valence-corrected chi connectivity index (χ0v) is 9.16. The third kappa shape index (κ3) is 3.52. The number of carbonyl (C=O) groups excluding carboxylic acids is 2. The Labute approximate surface area is 93.4 Å². The largest absolute Gasteiger partial charge is 0.481 e. The molecule has 0 heterocycles. The van der Waals surface area contributed by atoms with Gasteiger partial charge in [0.15, 0.2) is 0 Å². The second kappa shape index (κ2) is 5.48. The summed E-state index contributed by atoms with van der Waals surface area (Å²) in [6.07, 6.45) is 0.631. The second-order valence-electron chi connectivity index (χ2n) is 3.78. The molecule has 2 amide bonds. The standard InChI is InChI=1S/C10H16N2O4/c1-2-11-8(13)3-4-12-9(14)6-5-7(6)10(15)16/h6-7H,2-5H2,1H3,(H,11,13)(H,12,14)(H,15,16)/t6-,7+/m1/s1. The van der Waals surface area contributed by atoms with Crippen LogP contribution in [-0.2, 0) is 14.4 Å². The summed E-state index contributed by atoms with van der Waals surface area (Å²) in [4.78, 5) is 32.9.